The van der Waals surface area contributed by atoms with Crippen molar-refractivity contribution in [2.45, 2.75) is 61.4 Å². The van der Waals surface area contributed by atoms with Gasteiger partial charge in [-0.05, 0) is 68.5 Å². The number of allylic oxidation sites excluding steroid dienone is 4. The van der Waals surface area contributed by atoms with Gasteiger partial charge in [-0.25, -0.2) is 22.8 Å². The van der Waals surface area contributed by atoms with Crippen molar-refractivity contribution in [3.05, 3.63) is 78.3 Å². The number of hydrogen-bond acceptors (Lipinski definition) is 7. The molecule has 2 fully saturated rings. The molecule has 39 heavy (non-hydrogen) atoms. The van der Waals surface area contributed by atoms with Gasteiger partial charge in [0.25, 0.3) is 10.0 Å². The highest BCUT2D eigenvalue weighted by atomic mass is 32.2. The first-order valence-electron chi connectivity index (χ1n) is 13.5. The SMILES string of the molecule is C[C@H](C1=CC=C(F)CC1)n1cncc1C1CCCC2CN(S(=O)(=O)c3ccc(Nc4ccccn4)s3)CCN21. The number of rotatable bonds is 7. The molecule has 3 aliphatic rings. The average Bonchev–Trinajstić information content (AvgIpc) is 3.64. The van der Waals surface area contributed by atoms with Crippen molar-refractivity contribution in [3.63, 3.8) is 0 Å². The van der Waals surface area contributed by atoms with E-state index in [4.69, 9.17) is 0 Å². The van der Waals surface area contributed by atoms with Crippen molar-refractivity contribution in [3.8, 4) is 0 Å². The number of nitrogens with one attached hydrogen (secondary N) is 1. The van der Waals surface area contributed by atoms with Crippen molar-refractivity contribution in [2.24, 2.45) is 0 Å². The van der Waals surface area contributed by atoms with E-state index in [1.54, 1.807) is 28.7 Å². The number of halogens is 1. The Labute approximate surface area is 232 Å². The first-order chi connectivity index (χ1) is 18.9. The largest absolute Gasteiger partial charge is 0.332 e. The minimum atomic E-state index is -3.59. The molecule has 3 aromatic rings. The van der Waals surface area contributed by atoms with Crippen LogP contribution in [-0.2, 0) is 10.0 Å². The van der Waals surface area contributed by atoms with Crippen LogP contribution in [0.5, 0.6) is 0 Å². The number of anilines is 2. The number of piperazine rings is 1. The highest BCUT2D eigenvalue weighted by Crippen LogP contribution is 2.40. The van der Waals surface area contributed by atoms with E-state index in [0.29, 0.717) is 42.5 Å². The van der Waals surface area contributed by atoms with Crippen LogP contribution in [0.15, 0.2) is 76.8 Å². The van der Waals surface area contributed by atoms with Crippen LogP contribution in [0.4, 0.5) is 15.2 Å². The molecule has 3 aromatic heterocycles. The predicted molar refractivity (Wildman–Crippen MR) is 151 cm³/mol. The lowest BCUT2D eigenvalue weighted by atomic mass is 9.91. The molecule has 3 atom stereocenters. The molecular weight excluding hydrogens is 535 g/mol. The van der Waals surface area contributed by atoms with E-state index in [0.717, 1.165) is 30.0 Å². The van der Waals surface area contributed by atoms with Crippen LogP contribution in [0.1, 0.15) is 56.8 Å². The molecule has 6 rings (SSSR count). The smallest absolute Gasteiger partial charge is 0.252 e. The van der Waals surface area contributed by atoms with Gasteiger partial charge in [0.15, 0.2) is 0 Å². The van der Waals surface area contributed by atoms with E-state index in [9.17, 15) is 12.8 Å². The number of piperidine rings is 1. The third-order valence-corrected chi connectivity index (χ3v) is 11.5. The molecule has 2 unspecified atom stereocenters. The van der Waals surface area contributed by atoms with Crippen LogP contribution in [0, 0.1) is 0 Å². The molecule has 0 saturated carbocycles. The van der Waals surface area contributed by atoms with E-state index in [2.05, 4.69) is 31.7 Å². The van der Waals surface area contributed by atoms with Gasteiger partial charge in [-0.1, -0.05) is 12.1 Å². The Kier molecular flexibility index (Phi) is 7.41. The van der Waals surface area contributed by atoms with E-state index in [1.807, 2.05) is 36.8 Å². The number of sulfonamides is 1. The van der Waals surface area contributed by atoms with Crippen molar-refractivity contribution in [1.82, 2.24) is 23.7 Å². The molecule has 1 N–H and O–H groups in total. The van der Waals surface area contributed by atoms with Crippen LogP contribution in [0.25, 0.3) is 0 Å². The van der Waals surface area contributed by atoms with Crippen LogP contribution < -0.4 is 5.32 Å². The lowest BCUT2D eigenvalue weighted by Gasteiger charge is -2.48. The molecule has 0 aromatic carbocycles. The predicted octanol–water partition coefficient (Wildman–Crippen LogP) is 5.82. The molecule has 11 heteroatoms. The molecule has 0 amide bonds. The number of nitrogens with zero attached hydrogens (tertiary/aromatic N) is 5. The van der Waals surface area contributed by atoms with Crippen molar-refractivity contribution < 1.29 is 12.8 Å². The first kappa shape index (κ1) is 26.4. The van der Waals surface area contributed by atoms with E-state index in [-0.39, 0.29) is 24.0 Å². The van der Waals surface area contributed by atoms with Gasteiger partial charge in [0.05, 0.1) is 29.1 Å². The zero-order valence-electron chi connectivity index (χ0n) is 21.9. The molecule has 8 nitrogen and oxygen atoms in total. The number of pyridine rings is 1. The summed E-state index contributed by atoms with van der Waals surface area (Å²) in [5.41, 5.74) is 2.36. The zero-order chi connectivity index (χ0) is 27.0. The molecule has 0 spiro atoms. The van der Waals surface area contributed by atoms with Crippen LogP contribution >= 0.6 is 11.3 Å². The highest BCUT2D eigenvalue weighted by Gasteiger charge is 2.41. The maximum atomic E-state index is 13.6. The number of thiophene rings is 1. The topological polar surface area (TPSA) is 83.4 Å². The Hall–Kier alpha value is -2.86. The second-order valence-corrected chi connectivity index (χ2v) is 13.7. The maximum absolute atomic E-state index is 13.6. The normalized spacial score (nSPS) is 23.5. The van der Waals surface area contributed by atoms with Crippen LogP contribution in [0.2, 0.25) is 0 Å². The average molecular weight is 569 g/mol. The number of hydrogen-bond donors (Lipinski definition) is 1. The molecule has 1 aliphatic carbocycles. The van der Waals surface area contributed by atoms with Gasteiger partial charge in [0.2, 0.25) is 0 Å². The molecule has 5 heterocycles. The van der Waals surface area contributed by atoms with Gasteiger partial charge < -0.3 is 9.88 Å². The zero-order valence-corrected chi connectivity index (χ0v) is 23.5. The van der Waals surface area contributed by atoms with E-state index < -0.39 is 10.0 Å². The number of aromatic nitrogens is 3. The summed E-state index contributed by atoms with van der Waals surface area (Å²) in [5, 5.41) is 3.94. The summed E-state index contributed by atoms with van der Waals surface area (Å²) in [6.45, 7) is 3.76. The third kappa shape index (κ3) is 5.32. The first-order valence-corrected chi connectivity index (χ1v) is 15.8. The van der Waals surface area contributed by atoms with Crippen LogP contribution in [0.3, 0.4) is 0 Å². The van der Waals surface area contributed by atoms with Gasteiger partial charge in [0, 0.05) is 44.5 Å². The standard InChI is InChI=1S/C28H33FN6O2S2/c1-20(21-8-10-22(29)11-9-21)35-19-30-17-25(35)24-6-4-5-23-18-33(15-16-34(23)24)39(36,37)28-13-12-27(38-28)32-26-7-2-3-14-31-26/h2-3,7-8,10,12-14,17,19-20,23-24H,4-6,9,11,15-16,18H2,1H3,(H,31,32)/t20-,23?,24?/m1/s1. The Morgan fingerprint density at radius 1 is 1.13 bits per heavy atom. The number of imidazole rings is 1. The molecule has 0 radical (unpaired) electrons. The molecular formula is C28H33FN6O2S2. The highest BCUT2D eigenvalue weighted by molar-refractivity contribution is 7.91. The summed E-state index contributed by atoms with van der Waals surface area (Å²) in [6.07, 6.45) is 13.2. The van der Waals surface area contributed by atoms with Crippen molar-refractivity contribution in [1.29, 1.82) is 0 Å². The van der Waals surface area contributed by atoms with E-state index >= 15 is 0 Å². The Morgan fingerprint density at radius 3 is 2.82 bits per heavy atom. The van der Waals surface area contributed by atoms with Crippen LogP contribution in [-0.4, -0.2) is 57.8 Å². The summed E-state index contributed by atoms with van der Waals surface area (Å²) in [4.78, 5) is 11.2. The monoisotopic (exact) mass is 568 g/mol. The summed E-state index contributed by atoms with van der Waals surface area (Å²) < 4.78 is 45.0. The quantitative estimate of drug-likeness (QED) is 0.387. The third-order valence-electron chi connectivity index (χ3n) is 8.12. The summed E-state index contributed by atoms with van der Waals surface area (Å²) in [5.74, 6) is 0.616. The molecule has 206 valence electrons. The summed E-state index contributed by atoms with van der Waals surface area (Å²) in [6, 6.07) is 9.50. The Morgan fingerprint density at radius 2 is 2.03 bits per heavy atom. The fourth-order valence-electron chi connectivity index (χ4n) is 6.02. The second kappa shape index (κ2) is 11.0. The van der Waals surface area contributed by atoms with E-state index in [1.165, 1.54) is 16.9 Å². The molecule has 0 bridgehead atoms. The summed E-state index contributed by atoms with van der Waals surface area (Å²) >= 11 is 1.24. The lowest BCUT2D eigenvalue weighted by Crippen LogP contribution is -2.57. The van der Waals surface area contributed by atoms with Gasteiger partial charge >= 0.3 is 0 Å². The lowest BCUT2D eigenvalue weighted by molar-refractivity contribution is 0.0321. The Bertz CT molecular complexity index is 1480. The number of fused-ring (bicyclic) bond motifs is 1. The molecule has 2 saturated heterocycles. The van der Waals surface area contributed by atoms with Crippen molar-refractivity contribution >= 4 is 32.2 Å². The second-order valence-electron chi connectivity index (χ2n) is 10.4. The van der Waals surface area contributed by atoms with Gasteiger partial charge in [-0.15, -0.1) is 11.3 Å². The fourth-order valence-corrected chi connectivity index (χ4v) is 8.86. The molecule has 2 aliphatic heterocycles. The Balaban J connectivity index is 1.16. The van der Waals surface area contributed by atoms with Gasteiger partial charge in [-0.3, -0.25) is 4.90 Å². The van der Waals surface area contributed by atoms with Gasteiger partial charge in [0.1, 0.15) is 15.9 Å². The summed E-state index contributed by atoms with van der Waals surface area (Å²) in [7, 11) is -3.59. The van der Waals surface area contributed by atoms with Crippen molar-refractivity contribution in [2.75, 3.05) is 25.0 Å². The maximum Gasteiger partial charge on any atom is 0.252 e. The fraction of sp³-hybridized carbons (Fsp3) is 0.429. The van der Waals surface area contributed by atoms with Gasteiger partial charge in [-0.2, -0.15) is 4.31 Å². The minimum Gasteiger partial charge on any atom is -0.332 e. The minimum absolute atomic E-state index is 0.0667.